The van der Waals surface area contributed by atoms with Crippen LogP contribution in [0.15, 0.2) is 11.6 Å². The van der Waals surface area contributed by atoms with Crippen molar-refractivity contribution in [3.63, 3.8) is 0 Å². The highest BCUT2D eigenvalue weighted by molar-refractivity contribution is 7.09. The fraction of sp³-hybridized carbons (Fsp3) is 0.500. The third-order valence-electron chi connectivity index (χ3n) is 2.74. The maximum Gasteiger partial charge on any atom is 0.204 e. The second-order valence-electron chi connectivity index (χ2n) is 4.46. The minimum absolute atomic E-state index is 0.798. The number of anilines is 1. The summed E-state index contributed by atoms with van der Waals surface area (Å²) in [6, 6.07) is 0. The molecule has 0 bridgehead atoms. The van der Waals surface area contributed by atoms with Crippen LogP contribution in [-0.4, -0.2) is 28.6 Å². The predicted molar refractivity (Wildman–Crippen MR) is 74.9 cm³/mol. The number of aromatic nitrogens is 3. The predicted octanol–water partition coefficient (Wildman–Crippen LogP) is 1.54. The van der Waals surface area contributed by atoms with Gasteiger partial charge in [-0.15, -0.1) is 11.3 Å². The molecule has 2 rings (SSSR count). The van der Waals surface area contributed by atoms with Crippen molar-refractivity contribution in [2.24, 2.45) is 7.05 Å². The van der Waals surface area contributed by atoms with E-state index in [1.807, 2.05) is 39.2 Å². The molecule has 0 amide bonds. The lowest BCUT2D eigenvalue weighted by molar-refractivity contribution is 0.646. The van der Waals surface area contributed by atoms with Crippen LogP contribution in [0.5, 0.6) is 0 Å². The van der Waals surface area contributed by atoms with Crippen LogP contribution < -0.4 is 10.2 Å². The Morgan fingerprint density at radius 2 is 2.17 bits per heavy atom. The first-order valence-corrected chi connectivity index (χ1v) is 6.75. The van der Waals surface area contributed by atoms with Crippen molar-refractivity contribution in [3.8, 4) is 0 Å². The van der Waals surface area contributed by atoms with Gasteiger partial charge in [-0.25, -0.2) is 9.97 Å². The van der Waals surface area contributed by atoms with Crippen LogP contribution in [0, 0.1) is 6.92 Å². The molecule has 0 unspecified atom stereocenters. The van der Waals surface area contributed by atoms with E-state index >= 15 is 0 Å². The van der Waals surface area contributed by atoms with E-state index in [1.54, 1.807) is 11.3 Å². The third-order valence-corrected chi connectivity index (χ3v) is 3.56. The van der Waals surface area contributed by atoms with Crippen molar-refractivity contribution >= 4 is 17.3 Å². The summed E-state index contributed by atoms with van der Waals surface area (Å²) in [5, 5.41) is 6.60. The fourth-order valence-corrected chi connectivity index (χ4v) is 2.43. The molecule has 0 aliphatic heterocycles. The van der Waals surface area contributed by atoms with Crippen molar-refractivity contribution in [3.05, 3.63) is 28.0 Å². The highest BCUT2D eigenvalue weighted by Gasteiger charge is 2.07. The average Bonchev–Trinajstić information content (AvgIpc) is 2.87. The maximum absolute atomic E-state index is 4.42. The van der Waals surface area contributed by atoms with Gasteiger partial charge in [-0.05, 0) is 6.92 Å². The van der Waals surface area contributed by atoms with Gasteiger partial charge < -0.3 is 14.8 Å². The Balaban J connectivity index is 1.90. The minimum Gasteiger partial charge on any atom is -0.348 e. The van der Waals surface area contributed by atoms with E-state index in [-0.39, 0.29) is 0 Å². The van der Waals surface area contributed by atoms with Gasteiger partial charge in [0.1, 0.15) is 0 Å². The molecule has 2 heterocycles. The molecule has 0 aliphatic rings. The van der Waals surface area contributed by atoms with E-state index in [0.29, 0.717) is 0 Å². The first kappa shape index (κ1) is 13.0. The van der Waals surface area contributed by atoms with E-state index in [9.17, 15) is 0 Å². The van der Waals surface area contributed by atoms with Crippen LogP contribution >= 0.6 is 11.3 Å². The van der Waals surface area contributed by atoms with Crippen LogP contribution in [0.25, 0.3) is 0 Å². The molecule has 5 nitrogen and oxygen atoms in total. The molecule has 2 aromatic rings. The summed E-state index contributed by atoms with van der Waals surface area (Å²) in [4.78, 5) is 10.8. The number of aryl methyl sites for hydroxylation is 1. The smallest absolute Gasteiger partial charge is 0.204 e. The fourth-order valence-electron chi connectivity index (χ4n) is 1.82. The second kappa shape index (κ2) is 5.49. The second-order valence-corrected chi connectivity index (χ2v) is 5.53. The topological polar surface area (TPSA) is 46.0 Å². The molecule has 2 aromatic heterocycles. The molecular formula is C12H19N5S. The highest BCUT2D eigenvalue weighted by Crippen LogP contribution is 2.11. The summed E-state index contributed by atoms with van der Waals surface area (Å²) in [5.74, 6) is 0.969. The van der Waals surface area contributed by atoms with Gasteiger partial charge in [0.15, 0.2) is 0 Å². The van der Waals surface area contributed by atoms with Gasteiger partial charge in [-0.2, -0.15) is 0 Å². The summed E-state index contributed by atoms with van der Waals surface area (Å²) in [5.41, 5.74) is 2.28. The van der Waals surface area contributed by atoms with Gasteiger partial charge in [-0.1, -0.05) is 0 Å². The number of thiazole rings is 1. The largest absolute Gasteiger partial charge is 0.348 e. The van der Waals surface area contributed by atoms with Crippen LogP contribution in [-0.2, 0) is 20.1 Å². The Morgan fingerprint density at radius 3 is 2.72 bits per heavy atom. The van der Waals surface area contributed by atoms with Gasteiger partial charge in [0.25, 0.3) is 0 Å². The van der Waals surface area contributed by atoms with E-state index < -0.39 is 0 Å². The van der Waals surface area contributed by atoms with Gasteiger partial charge >= 0.3 is 0 Å². The van der Waals surface area contributed by atoms with Crippen LogP contribution in [0.2, 0.25) is 0 Å². The van der Waals surface area contributed by atoms with E-state index in [2.05, 4.69) is 25.2 Å². The summed E-state index contributed by atoms with van der Waals surface area (Å²) in [6.07, 6.45) is 1.91. The van der Waals surface area contributed by atoms with E-state index in [4.69, 9.17) is 0 Å². The Morgan fingerprint density at radius 1 is 1.39 bits per heavy atom. The van der Waals surface area contributed by atoms with Crippen molar-refractivity contribution in [1.82, 2.24) is 19.9 Å². The third kappa shape index (κ3) is 2.88. The molecular weight excluding hydrogens is 246 g/mol. The van der Waals surface area contributed by atoms with Crippen LogP contribution in [0.1, 0.15) is 16.4 Å². The zero-order valence-corrected chi connectivity index (χ0v) is 12.1. The maximum atomic E-state index is 4.42. The van der Waals surface area contributed by atoms with Crippen LogP contribution in [0.3, 0.4) is 0 Å². The molecule has 0 radical (unpaired) electrons. The lowest BCUT2D eigenvalue weighted by Crippen LogP contribution is -2.18. The van der Waals surface area contributed by atoms with Crippen molar-refractivity contribution in [2.75, 3.05) is 19.0 Å². The molecule has 1 N–H and O–H groups in total. The van der Waals surface area contributed by atoms with Gasteiger partial charge in [0.2, 0.25) is 5.95 Å². The summed E-state index contributed by atoms with van der Waals surface area (Å²) >= 11 is 1.69. The van der Waals surface area contributed by atoms with Crippen molar-refractivity contribution in [2.45, 2.75) is 20.0 Å². The Labute approximate surface area is 111 Å². The number of rotatable bonds is 5. The number of imidazole rings is 1. The Kier molecular flexibility index (Phi) is 3.98. The summed E-state index contributed by atoms with van der Waals surface area (Å²) in [6.45, 7) is 3.62. The molecule has 0 spiro atoms. The lowest BCUT2D eigenvalue weighted by Gasteiger charge is -2.12. The summed E-state index contributed by atoms with van der Waals surface area (Å²) in [7, 11) is 6.03. The number of nitrogens with one attached hydrogen (secondary N) is 1. The molecule has 0 aromatic carbocycles. The molecule has 18 heavy (non-hydrogen) atoms. The standard InChI is InChI=1S/C12H19N5S/c1-9-15-10(8-18-9)5-13-6-11-7-14-12(16(2)3)17(11)4/h7-8,13H,5-6H2,1-4H3. The highest BCUT2D eigenvalue weighted by atomic mass is 32.1. The van der Waals surface area contributed by atoms with E-state index in [0.717, 1.165) is 29.7 Å². The molecule has 0 saturated heterocycles. The SMILES string of the molecule is Cc1nc(CNCc2cnc(N(C)C)n2C)cs1. The molecule has 98 valence electrons. The molecule has 0 atom stereocenters. The van der Waals surface area contributed by atoms with Crippen molar-refractivity contribution < 1.29 is 0 Å². The number of hydrogen-bond acceptors (Lipinski definition) is 5. The number of nitrogens with zero attached hydrogens (tertiary/aromatic N) is 4. The lowest BCUT2D eigenvalue weighted by atomic mass is 10.4. The molecule has 0 aliphatic carbocycles. The van der Waals surface area contributed by atoms with Gasteiger partial charge in [0, 0.05) is 39.6 Å². The zero-order valence-electron chi connectivity index (χ0n) is 11.3. The first-order valence-electron chi connectivity index (χ1n) is 5.87. The first-order chi connectivity index (χ1) is 8.58. The molecule has 0 saturated carbocycles. The van der Waals surface area contributed by atoms with Gasteiger partial charge in [0.05, 0.1) is 22.6 Å². The Bertz CT molecular complexity index is 514. The quantitative estimate of drug-likeness (QED) is 0.891. The normalized spacial score (nSPS) is 10.9. The molecule has 0 fully saturated rings. The average molecular weight is 265 g/mol. The number of hydrogen-bond donors (Lipinski definition) is 1. The van der Waals surface area contributed by atoms with Crippen LogP contribution in [0.4, 0.5) is 5.95 Å². The summed E-state index contributed by atoms with van der Waals surface area (Å²) < 4.78 is 2.10. The monoisotopic (exact) mass is 265 g/mol. The molecule has 6 heteroatoms. The minimum atomic E-state index is 0.798. The van der Waals surface area contributed by atoms with Gasteiger partial charge in [-0.3, -0.25) is 0 Å². The van der Waals surface area contributed by atoms with E-state index in [1.165, 1.54) is 5.69 Å². The Hall–Kier alpha value is -1.40. The zero-order chi connectivity index (χ0) is 13.1. The van der Waals surface area contributed by atoms with Crippen molar-refractivity contribution in [1.29, 1.82) is 0 Å².